The van der Waals surface area contributed by atoms with Crippen molar-refractivity contribution in [3.8, 4) is 11.6 Å². The van der Waals surface area contributed by atoms with Gasteiger partial charge >= 0.3 is 0 Å². The van der Waals surface area contributed by atoms with Crippen molar-refractivity contribution < 1.29 is 13.9 Å². The predicted octanol–water partition coefficient (Wildman–Crippen LogP) is 4.55. The second-order valence-electron chi connectivity index (χ2n) is 8.12. The van der Waals surface area contributed by atoms with Gasteiger partial charge in [0.15, 0.2) is 5.16 Å². The molecule has 2 N–H and O–H groups in total. The fourth-order valence-corrected chi connectivity index (χ4v) is 4.62. The van der Waals surface area contributed by atoms with Gasteiger partial charge in [-0.15, -0.1) is 0 Å². The summed E-state index contributed by atoms with van der Waals surface area (Å²) >= 11 is 1.52. The molecule has 0 bridgehead atoms. The first-order valence-electron chi connectivity index (χ1n) is 11.7. The maximum absolute atomic E-state index is 13.6. The number of hydrogen-bond donors (Lipinski definition) is 1. The molecule has 0 aliphatic rings. The number of ether oxygens (including phenoxy) is 2. The van der Waals surface area contributed by atoms with E-state index in [2.05, 4.69) is 22.1 Å². The Morgan fingerprint density at radius 2 is 1.84 bits per heavy atom. The van der Waals surface area contributed by atoms with Crippen LogP contribution in [0, 0.1) is 0 Å². The second kappa shape index (κ2) is 11.6. The highest BCUT2D eigenvalue weighted by Crippen LogP contribution is 2.25. The van der Waals surface area contributed by atoms with Crippen LogP contribution in [0.1, 0.15) is 17.7 Å². The number of furan rings is 1. The van der Waals surface area contributed by atoms with E-state index in [4.69, 9.17) is 24.6 Å². The number of nitrogens with zero attached hydrogens (tertiary/aromatic N) is 4. The Kier molecular flexibility index (Phi) is 7.66. The zero-order chi connectivity index (χ0) is 25.5. The monoisotopic (exact) mass is 515 g/mol. The highest BCUT2D eigenvalue weighted by Gasteiger charge is 2.14. The molecule has 5 aromatic rings. The molecule has 0 aliphatic carbocycles. The number of thioether (sulfide) groups is 1. The fraction of sp³-hybridized carbons (Fsp3) is 0.185. The number of nitrogens with two attached hydrogens (primary N) is 1. The Bertz CT molecular complexity index is 1520. The molecule has 0 aliphatic heterocycles. The number of rotatable bonds is 11. The molecule has 0 saturated carbocycles. The lowest BCUT2D eigenvalue weighted by Crippen LogP contribution is -2.24. The van der Waals surface area contributed by atoms with E-state index in [0.29, 0.717) is 65.4 Å². The third-order valence-corrected chi connectivity index (χ3v) is 6.50. The van der Waals surface area contributed by atoms with Crippen molar-refractivity contribution in [1.29, 1.82) is 0 Å². The topological polar surface area (TPSA) is 118 Å². The predicted molar refractivity (Wildman–Crippen MR) is 142 cm³/mol. The van der Waals surface area contributed by atoms with Gasteiger partial charge in [0, 0.05) is 24.4 Å². The van der Waals surface area contributed by atoms with Crippen LogP contribution >= 0.6 is 11.8 Å². The SMILES string of the molecule is Nc1nccc(OCCCOc2ccc3nc(SCc4ccccc4)n(Cc4ccco4)c(=O)c3c2)n1. The lowest BCUT2D eigenvalue weighted by atomic mass is 10.2. The zero-order valence-electron chi connectivity index (χ0n) is 19.9. The van der Waals surface area contributed by atoms with Crippen LogP contribution in [0.5, 0.6) is 11.6 Å². The molecule has 3 aromatic heterocycles. The molecule has 2 aromatic carbocycles. The lowest BCUT2D eigenvalue weighted by Gasteiger charge is -2.13. The Morgan fingerprint density at radius 1 is 0.973 bits per heavy atom. The normalized spacial score (nSPS) is 11.0. The molecule has 0 radical (unpaired) electrons. The summed E-state index contributed by atoms with van der Waals surface area (Å²) in [5.74, 6) is 2.55. The molecule has 37 heavy (non-hydrogen) atoms. The average Bonchev–Trinajstić information content (AvgIpc) is 3.43. The first kappa shape index (κ1) is 24.4. The van der Waals surface area contributed by atoms with Crippen LogP contribution in [0.25, 0.3) is 10.9 Å². The van der Waals surface area contributed by atoms with Crippen LogP contribution < -0.4 is 20.8 Å². The number of hydrogen-bond acceptors (Lipinski definition) is 9. The summed E-state index contributed by atoms with van der Waals surface area (Å²) in [5.41, 5.74) is 7.19. The van der Waals surface area contributed by atoms with Gasteiger partial charge in [-0.3, -0.25) is 9.36 Å². The Balaban J connectivity index is 1.31. The van der Waals surface area contributed by atoms with Gasteiger partial charge in [-0.2, -0.15) is 4.98 Å². The standard InChI is InChI=1S/C27H25N5O4S/c28-26-29-12-11-24(31-26)36-15-5-14-34-20-9-10-23-22(16-20)25(33)32(17-21-8-4-13-35-21)27(30-23)37-18-19-6-2-1-3-7-19/h1-4,6-13,16H,5,14-15,17-18H2,(H2,28,29,31). The van der Waals surface area contributed by atoms with E-state index in [9.17, 15) is 4.79 Å². The zero-order valence-corrected chi connectivity index (χ0v) is 20.8. The smallest absolute Gasteiger partial charge is 0.262 e. The van der Waals surface area contributed by atoms with Crippen molar-refractivity contribution in [3.63, 3.8) is 0 Å². The van der Waals surface area contributed by atoms with E-state index >= 15 is 0 Å². The van der Waals surface area contributed by atoms with Crippen molar-refractivity contribution in [1.82, 2.24) is 19.5 Å². The van der Waals surface area contributed by atoms with Gasteiger partial charge in [-0.05, 0) is 35.9 Å². The summed E-state index contributed by atoms with van der Waals surface area (Å²) in [4.78, 5) is 26.2. The quantitative estimate of drug-likeness (QED) is 0.153. The molecule has 3 heterocycles. The van der Waals surface area contributed by atoms with Crippen LogP contribution in [0.15, 0.2) is 93.6 Å². The number of fused-ring (bicyclic) bond motifs is 1. The molecule has 0 spiro atoms. The number of aromatic nitrogens is 4. The van der Waals surface area contributed by atoms with Gasteiger partial charge in [-0.25, -0.2) is 9.97 Å². The fourth-order valence-electron chi connectivity index (χ4n) is 3.66. The number of benzene rings is 2. The van der Waals surface area contributed by atoms with E-state index in [1.165, 1.54) is 11.8 Å². The first-order chi connectivity index (χ1) is 18.2. The van der Waals surface area contributed by atoms with Crippen LogP contribution in [0.3, 0.4) is 0 Å². The molecular weight excluding hydrogens is 490 g/mol. The van der Waals surface area contributed by atoms with Gasteiger partial charge in [0.05, 0.1) is 36.9 Å². The average molecular weight is 516 g/mol. The summed E-state index contributed by atoms with van der Waals surface area (Å²) in [6, 6.07) is 20.8. The molecule has 5 rings (SSSR count). The van der Waals surface area contributed by atoms with Gasteiger partial charge in [0.1, 0.15) is 11.5 Å². The van der Waals surface area contributed by atoms with Crippen molar-refractivity contribution in [2.24, 2.45) is 0 Å². The van der Waals surface area contributed by atoms with Crippen LogP contribution in [-0.2, 0) is 12.3 Å². The van der Waals surface area contributed by atoms with Gasteiger partial charge < -0.3 is 19.6 Å². The highest BCUT2D eigenvalue weighted by molar-refractivity contribution is 7.98. The van der Waals surface area contributed by atoms with E-state index in [1.54, 1.807) is 35.2 Å². The molecule has 9 nitrogen and oxygen atoms in total. The summed E-state index contributed by atoms with van der Waals surface area (Å²) in [6.45, 7) is 1.11. The summed E-state index contributed by atoms with van der Waals surface area (Å²) < 4.78 is 18.6. The summed E-state index contributed by atoms with van der Waals surface area (Å²) in [6.07, 6.45) is 3.76. The van der Waals surface area contributed by atoms with E-state index in [1.807, 2.05) is 36.4 Å². The Labute approximate surface area is 217 Å². The molecule has 0 amide bonds. The van der Waals surface area contributed by atoms with Gasteiger partial charge in [0.2, 0.25) is 11.8 Å². The van der Waals surface area contributed by atoms with E-state index < -0.39 is 0 Å². The Morgan fingerprint density at radius 3 is 2.65 bits per heavy atom. The molecule has 188 valence electrons. The second-order valence-corrected chi connectivity index (χ2v) is 9.06. The maximum Gasteiger partial charge on any atom is 0.262 e. The minimum atomic E-state index is -0.146. The first-order valence-corrected chi connectivity index (χ1v) is 12.7. The van der Waals surface area contributed by atoms with Crippen LogP contribution in [-0.4, -0.2) is 32.7 Å². The summed E-state index contributed by atoms with van der Waals surface area (Å²) in [7, 11) is 0. The molecule has 0 fully saturated rings. The largest absolute Gasteiger partial charge is 0.493 e. The number of nitrogen functional groups attached to an aromatic ring is 1. The molecular formula is C27H25N5O4S. The van der Waals surface area contributed by atoms with Crippen LogP contribution in [0.4, 0.5) is 5.95 Å². The third-order valence-electron chi connectivity index (χ3n) is 5.45. The lowest BCUT2D eigenvalue weighted by molar-refractivity contribution is 0.242. The van der Waals surface area contributed by atoms with Crippen molar-refractivity contribution in [3.05, 3.63) is 101 Å². The van der Waals surface area contributed by atoms with E-state index in [0.717, 1.165) is 5.56 Å². The molecule has 10 heteroatoms. The number of anilines is 1. The minimum Gasteiger partial charge on any atom is -0.493 e. The maximum atomic E-state index is 13.6. The van der Waals surface area contributed by atoms with Gasteiger partial charge in [0.25, 0.3) is 5.56 Å². The van der Waals surface area contributed by atoms with Crippen molar-refractivity contribution in [2.75, 3.05) is 18.9 Å². The minimum absolute atomic E-state index is 0.146. The van der Waals surface area contributed by atoms with Crippen molar-refractivity contribution >= 4 is 28.6 Å². The Hall–Kier alpha value is -4.31. The third kappa shape index (κ3) is 6.28. The molecule has 0 unspecified atom stereocenters. The van der Waals surface area contributed by atoms with Crippen molar-refractivity contribution in [2.45, 2.75) is 23.9 Å². The molecule has 0 atom stereocenters. The van der Waals surface area contributed by atoms with Gasteiger partial charge in [-0.1, -0.05) is 42.1 Å². The van der Waals surface area contributed by atoms with E-state index in [-0.39, 0.29) is 11.5 Å². The molecule has 0 saturated heterocycles. The summed E-state index contributed by atoms with van der Waals surface area (Å²) in [5, 5.41) is 1.12. The van der Waals surface area contributed by atoms with Crippen LogP contribution in [0.2, 0.25) is 0 Å². The highest BCUT2D eigenvalue weighted by atomic mass is 32.2.